The molecule has 1 aliphatic carbocycles. The molecule has 1 aliphatic heterocycles. The first kappa shape index (κ1) is 35.9. The van der Waals surface area contributed by atoms with E-state index in [2.05, 4.69) is 20.3 Å². The van der Waals surface area contributed by atoms with Gasteiger partial charge in [-0.25, -0.2) is 23.4 Å². The zero-order chi connectivity index (χ0) is 36.9. The molecule has 0 spiro atoms. The first-order chi connectivity index (χ1) is 23.9. The van der Waals surface area contributed by atoms with Crippen molar-refractivity contribution in [1.29, 1.82) is 0 Å². The second-order valence-electron chi connectivity index (χ2n) is 13.8. The van der Waals surface area contributed by atoms with Crippen molar-refractivity contribution in [2.75, 3.05) is 6.61 Å². The molecule has 2 atom stereocenters. The summed E-state index contributed by atoms with van der Waals surface area (Å²) in [6.45, 7) is 5.09. The summed E-state index contributed by atoms with van der Waals surface area (Å²) in [5, 5.41) is 12.1. The number of halogens is 6. The Bertz CT molecular complexity index is 1950. The van der Waals surface area contributed by atoms with Crippen molar-refractivity contribution >= 4 is 29.4 Å². The zero-order valence-corrected chi connectivity index (χ0v) is 28.4. The van der Waals surface area contributed by atoms with E-state index in [0.717, 1.165) is 15.9 Å². The second-order valence-corrected chi connectivity index (χ2v) is 14.2. The van der Waals surface area contributed by atoms with Gasteiger partial charge in [0.05, 0.1) is 46.7 Å². The van der Waals surface area contributed by atoms with E-state index in [9.17, 15) is 31.5 Å². The number of carbonyl (C=O) groups excluding carboxylic acids is 2. The third kappa shape index (κ3) is 6.90. The summed E-state index contributed by atoms with van der Waals surface area (Å²) in [5.74, 6) is -2.72. The van der Waals surface area contributed by atoms with E-state index in [1.807, 2.05) is 20.8 Å². The molecule has 270 valence electrons. The molecular formula is C33H33ClF5N9O3. The summed E-state index contributed by atoms with van der Waals surface area (Å²) >= 11 is 6.42. The molecular weight excluding hydrogens is 701 g/mol. The van der Waals surface area contributed by atoms with Gasteiger partial charge in [0.25, 0.3) is 12.3 Å². The Hall–Kier alpha value is -4.93. The molecule has 51 heavy (non-hydrogen) atoms. The number of hydrogen-bond donors (Lipinski definition) is 1. The fourth-order valence-electron chi connectivity index (χ4n) is 6.31. The van der Waals surface area contributed by atoms with Crippen molar-refractivity contribution in [3.05, 3.63) is 83.2 Å². The minimum Gasteiger partial charge on any atom is -0.463 e. The number of nitrogens with two attached hydrogens (primary N) is 1. The zero-order valence-electron chi connectivity index (χ0n) is 27.6. The summed E-state index contributed by atoms with van der Waals surface area (Å²) in [4.78, 5) is 38.6. The maximum Gasteiger partial charge on any atom is 0.395 e. The molecule has 0 unspecified atom stereocenters. The lowest BCUT2D eigenvalue weighted by Gasteiger charge is -2.35. The minimum atomic E-state index is -4.60. The van der Waals surface area contributed by atoms with Crippen LogP contribution in [0.2, 0.25) is 5.02 Å². The predicted molar refractivity (Wildman–Crippen MR) is 173 cm³/mol. The number of hydrogen-bond acceptors (Lipinski definition) is 9. The standard InChI is InChI=1S/C33H33ClF5N9O3/c1-30(2,3)17-32(20-5-7-21(8-6-20)48-42-12-13-43-48)28(50)46(29(40)45-32)24(16-51-25(49)15-31(10-11-31)33(37,38)39)19-4-9-22(34)23(14-19)47-27(26(35)36)41-18-44-47/h4-9,12-14,18,24,26H,10-11,15-17H2,1-3H3,(H2,40,45)/t24-,32-/m1/s1. The normalized spacial score (nSPS) is 19.4. The summed E-state index contributed by atoms with van der Waals surface area (Å²) < 4.78 is 74.9. The van der Waals surface area contributed by atoms with Crippen LogP contribution in [0.3, 0.4) is 0 Å². The van der Waals surface area contributed by atoms with Crippen LogP contribution in [-0.2, 0) is 19.9 Å². The number of amides is 1. The molecule has 6 rings (SSSR count). The van der Waals surface area contributed by atoms with Gasteiger partial charge in [-0.05, 0) is 60.1 Å². The first-order valence-electron chi connectivity index (χ1n) is 15.8. The van der Waals surface area contributed by atoms with Crippen LogP contribution in [0.25, 0.3) is 11.4 Å². The van der Waals surface area contributed by atoms with Gasteiger partial charge < -0.3 is 10.5 Å². The Balaban J connectivity index is 1.41. The molecule has 1 saturated carbocycles. The Morgan fingerprint density at radius 2 is 1.71 bits per heavy atom. The highest BCUT2D eigenvalue weighted by atomic mass is 35.5. The molecule has 2 aromatic heterocycles. The number of aromatic nitrogens is 6. The highest BCUT2D eigenvalue weighted by Gasteiger charge is 2.64. The minimum absolute atomic E-state index is 0.00836. The van der Waals surface area contributed by atoms with Gasteiger partial charge in [-0.1, -0.05) is 50.6 Å². The second kappa shape index (κ2) is 13.0. The quantitative estimate of drug-likeness (QED) is 0.141. The maximum atomic E-state index is 14.8. The van der Waals surface area contributed by atoms with Gasteiger partial charge in [-0.3, -0.25) is 14.5 Å². The SMILES string of the molecule is CC(C)(C)C[C@]1(c2ccc(-n3nccn3)cc2)N=C(N)N([C@H](COC(=O)CC2(C(F)(F)F)CC2)c2ccc(Cl)c(-n3ncnc3C(F)F)c2)C1=O. The molecule has 2 aromatic carbocycles. The summed E-state index contributed by atoms with van der Waals surface area (Å²) in [6, 6.07) is 9.68. The summed E-state index contributed by atoms with van der Waals surface area (Å²) in [7, 11) is 0. The van der Waals surface area contributed by atoms with Crippen LogP contribution in [-0.4, -0.2) is 65.3 Å². The number of rotatable bonds is 11. The van der Waals surface area contributed by atoms with E-state index in [4.69, 9.17) is 27.1 Å². The number of benzene rings is 2. The number of ether oxygens (including phenoxy) is 1. The topological polar surface area (TPSA) is 146 Å². The van der Waals surface area contributed by atoms with Crippen LogP contribution in [0.15, 0.2) is 66.2 Å². The van der Waals surface area contributed by atoms with E-state index in [0.29, 0.717) is 11.3 Å². The van der Waals surface area contributed by atoms with Gasteiger partial charge in [0.2, 0.25) is 0 Å². The summed E-state index contributed by atoms with van der Waals surface area (Å²) in [6.07, 6.45) is -4.85. The van der Waals surface area contributed by atoms with Crippen molar-refractivity contribution in [2.45, 2.75) is 70.6 Å². The lowest BCUT2D eigenvalue weighted by molar-refractivity contribution is -0.195. The van der Waals surface area contributed by atoms with E-state index in [1.54, 1.807) is 24.3 Å². The van der Waals surface area contributed by atoms with E-state index in [1.165, 1.54) is 35.4 Å². The predicted octanol–water partition coefficient (Wildman–Crippen LogP) is 6.24. The molecule has 0 radical (unpaired) electrons. The molecule has 0 saturated heterocycles. The lowest BCUT2D eigenvalue weighted by Crippen LogP contribution is -2.47. The molecule has 12 nitrogen and oxygen atoms in total. The highest BCUT2D eigenvalue weighted by Crippen LogP contribution is 2.60. The van der Waals surface area contributed by atoms with Crippen molar-refractivity contribution < 1.29 is 36.3 Å². The molecule has 3 heterocycles. The molecule has 1 amide bonds. The van der Waals surface area contributed by atoms with Gasteiger partial charge in [-0.15, -0.1) is 0 Å². The molecule has 0 bridgehead atoms. The van der Waals surface area contributed by atoms with Crippen LogP contribution >= 0.6 is 11.6 Å². The number of nitrogens with zero attached hydrogens (tertiary/aromatic N) is 8. The number of aliphatic imine (C=N–C) groups is 1. The van der Waals surface area contributed by atoms with Crippen molar-refractivity contribution in [3.63, 3.8) is 0 Å². The molecule has 2 aliphatic rings. The average Bonchev–Trinajstić information content (AvgIpc) is 3.38. The van der Waals surface area contributed by atoms with Crippen LogP contribution in [0.1, 0.15) is 75.9 Å². The van der Waals surface area contributed by atoms with Gasteiger partial charge >= 0.3 is 12.1 Å². The van der Waals surface area contributed by atoms with Crippen LogP contribution in [0.5, 0.6) is 0 Å². The Morgan fingerprint density at radius 3 is 2.29 bits per heavy atom. The van der Waals surface area contributed by atoms with Gasteiger partial charge in [-0.2, -0.15) is 33.3 Å². The van der Waals surface area contributed by atoms with Crippen molar-refractivity contribution in [3.8, 4) is 11.4 Å². The van der Waals surface area contributed by atoms with Gasteiger partial charge in [0.1, 0.15) is 12.9 Å². The number of guanidine groups is 1. The largest absolute Gasteiger partial charge is 0.463 e. The third-order valence-electron chi connectivity index (χ3n) is 8.91. The van der Waals surface area contributed by atoms with Crippen LogP contribution in [0.4, 0.5) is 22.0 Å². The van der Waals surface area contributed by atoms with E-state index in [-0.39, 0.29) is 41.5 Å². The molecule has 4 aromatic rings. The molecule has 2 N–H and O–H groups in total. The maximum absolute atomic E-state index is 14.8. The average molecular weight is 734 g/mol. The fraction of sp³-hybridized carbons (Fsp3) is 0.424. The number of alkyl halides is 5. The Kier molecular flexibility index (Phi) is 9.14. The first-order valence-corrected chi connectivity index (χ1v) is 16.2. The molecule has 18 heteroatoms. The van der Waals surface area contributed by atoms with E-state index < -0.39 is 65.7 Å². The van der Waals surface area contributed by atoms with Gasteiger partial charge in [0, 0.05) is 0 Å². The smallest absolute Gasteiger partial charge is 0.395 e. The Morgan fingerprint density at radius 1 is 1.04 bits per heavy atom. The third-order valence-corrected chi connectivity index (χ3v) is 9.23. The van der Waals surface area contributed by atoms with Gasteiger partial charge in [0.15, 0.2) is 17.3 Å². The van der Waals surface area contributed by atoms with Crippen molar-refractivity contribution in [1.82, 2.24) is 34.7 Å². The number of carbonyl (C=O) groups is 2. The monoisotopic (exact) mass is 733 g/mol. The molecule has 1 fully saturated rings. The number of esters is 1. The van der Waals surface area contributed by atoms with Crippen LogP contribution < -0.4 is 5.73 Å². The summed E-state index contributed by atoms with van der Waals surface area (Å²) in [5.41, 5.74) is 3.51. The fourth-order valence-corrected chi connectivity index (χ4v) is 6.51. The Labute approximate surface area is 293 Å². The van der Waals surface area contributed by atoms with Crippen LogP contribution in [0, 0.1) is 10.8 Å². The highest BCUT2D eigenvalue weighted by molar-refractivity contribution is 6.32. The van der Waals surface area contributed by atoms with E-state index >= 15 is 0 Å². The van der Waals surface area contributed by atoms with Crippen molar-refractivity contribution in [2.24, 2.45) is 21.6 Å². The lowest BCUT2D eigenvalue weighted by atomic mass is 9.75.